The van der Waals surface area contributed by atoms with Gasteiger partial charge in [0.25, 0.3) is 5.56 Å². The summed E-state index contributed by atoms with van der Waals surface area (Å²) in [5, 5.41) is 12.8. The van der Waals surface area contributed by atoms with Crippen LogP contribution >= 0.6 is 0 Å². The summed E-state index contributed by atoms with van der Waals surface area (Å²) in [7, 11) is 0. The molecule has 3 atom stereocenters. The zero-order valence-corrected chi connectivity index (χ0v) is 11.6. The lowest BCUT2D eigenvalue weighted by atomic mass is 10.1. The van der Waals surface area contributed by atoms with Gasteiger partial charge in [0, 0.05) is 23.1 Å². The van der Waals surface area contributed by atoms with Crippen molar-refractivity contribution in [3.05, 3.63) is 43.0 Å². The van der Waals surface area contributed by atoms with E-state index in [1.165, 1.54) is 10.8 Å². The van der Waals surface area contributed by atoms with Gasteiger partial charge in [-0.3, -0.25) is 14.3 Å². The molecule has 0 radical (unpaired) electrons. The van der Waals surface area contributed by atoms with Crippen LogP contribution in [0.5, 0.6) is 0 Å². The summed E-state index contributed by atoms with van der Waals surface area (Å²) in [6.07, 6.45) is 1.74. The van der Waals surface area contributed by atoms with E-state index < -0.39 is 29.6 Å². The van der Waals surface area contributed by atoms with Crippen molar-refractivity contribution in [1.82, 2.24) is 9.55 Å². The molecule has 1 aliphatic heterocycles. The van der Waals surface area contributed by atoms with Crippen LogP contribution < -0.4 is 11.2 Å². The Bertz CT molecular complexity index is 660. The fraction of sp³-hybridized carbons (Fsp3) is 0.667. The minimum absolute atomic E-state index is 0.271. The number of azide groups is 1. The number of aromatic nitrogens is 2. The van der Waals surface area contributed by atoms with Crippen LogP contribution in [0.25, 0.3) is 10.4 Å². The highest BCUT2D eigenvalue weighted by molar-refractivity contribution is 5.05. The third-order valence-electron chi connectivity index (χ3n) is 3.46. The van der Waals surface area contributed by atoms with E-state index in [9.17, 15) is 14.7 Å². The molecule has 2 heterocycles. The number of aryl methyl sites for hydroxylation is 1. The number of nitrogens with zero attached hydrogens (tertiary/aromatic N) is 4. The molecule has 1 aromatic rings. The van der Waals surface area contributed by atoms with E-state index in [4.69, 9.17) is 10.3 Å². The van der Waals surface area contributed by atoms with Gasteiger partial charge in [-0.2, -0.15) is 0 Å². The average molecular weight is 295 g/mol. The van der Waals surface area contributed by atoms with Crippen LogP contribution in [0.15, 0.2) is 20.9 Å². The number of aliphatic hydroxyl groups excluding tert-OH is 1. The lowest BCUT2D eigenvalue weighted by Crippen LogP contribution is -2.34. The topological polar surface area (TPSA) is 133 Å². The third-order valence-corrected chi connectivity index (χ3v) is 3.46. The molecule has 0 saturated carbocycles. The van der Waals surface area contributed by atoms with Gasteiger partial charge in [-0.25, -0.2) is 4.79 Å². The van der Waals surface area contributed by atoms with Gasteiger partial charge >= 0.3 is 5.69 Å². The van der Waals surface area contributed by atoms with E-state index >= 15 is 0 Å². The van der Waals surface area contributed by atoms with Gasteiger partial charge in [0.1, 0.15) is 6.23 Å². The number of rotatable bonds is 5. The van der Waals surface area contributed by atoms with Crippen molar-refractivity contribution >= 4 is 0 Å². The van der Waals surface area contributed by atoms with Crippen LogP contribution in [0, 0.1) is 0 Å². The van der Waals surface area contributed by atoms with Gasteiger partial charge in [0.05, 0.1) is 18.8 Å². The van der Waals surface area contributed by atoms with Gasteiger partial charge in [-0.15, -0.1) is 0 Å². The zero-order chi connectivity index (χ0) is 15.4. The van der Waals surface area contributed by atoms with Crippen molar-refractivity contribution in [3.63, 3.8) is 0 Å². The second kappa shape index (κ2) is 6.57. The summed E-state index contributed by atoms with van der Waals surface area (Å²) >= 11 is 0. The second-order valence-corrected chi connectivity index (χ2v) is 4.89. The van der Waals surface area contributed by atoms with E-state index in [0.29, 0.717) is 12.0 Å². The van der Waals surface area contributed by atoms with E-state index in [1.54, 1.807) is 0 Å². The molecular formula is C12H17N5O4. The van der Waals surface area contributed by atoms with Gasteiger partial charge in [-0.05, 0) is 12.0 Å². The minimum atomic E-state index is -0.669. The largest absolute Gasteiger partial charge is 0.394 e. The maximum absolute atomic E-state index is 11.9. The van der Waals surface area contributed by atoms with E-state index in [1.807, 2.05) is 6.92 Å². The number of hydrogen-bond acceptors (Lipinski definition) is 5. The molecule has 0 bridgehead atoms. The van der Waals surface area contributed by atoms with E-state index in [-0.39, 0.29) is 13.0 Å². The smallest absolute Gasteiger partial charge is 0.330 e. The highest BCUT2D eigenvalue weighted by atomic mass is 16.5. The number of ether oxygens (including phenoxy) is 1. The monoisotopic (exact) mass is 295 g/mol. The number of aliphatic hydroxyl groups is 1. The first-order chi connectivity index (χ1) is 10.1. The predicted molar refractivity (Wildman–Crippen MR) is 73.9 cm³/mol. The molecule has 2 rings (SSSR count). The van der Waals surface area contributed by atoms with Crippen LogP contribution in [0.1, 0.15) is 31.6 Å². The quantitative estimate of drug-likeness (QED) is 0.463. The first-order valence-corrected chi connectivity index (χ1v) is 6.75. The molecule has 0 spiro atoms. The first kappa shape index (κ1) is 15.3. The Labute approximate surface area is 119 Å². The number of aromatic amines is 1. The molecule has 9 nitrogen and oxygen atoms in total. The van der Waals surface area contributed by atoms with Gasteiger partial charge in [-0.1, -0.05) is 18.5 Å². The summed E-state index contributed by atoms with van der Waals surface area (Å²) in [5.74, 6) is 0. The molecule has 0 amide bonds. The first-order valence-electron chi connectivity index (χ1n) is 6.75. The molecule has 21 heavy (non-hydrogen) atoms. The molecule has 1 saturated heterocycles. The molecule has 2 N–H and O–H groups in total. The minimum Gasteiger partial charge on any atom is -0.394 e. The lowest BCUT2D eigenvalue weighted by Gasteiger charge is -2.15. The SMILES string of the molecule is CCCc1cn(C2CC(N=[N+]=[N-])C(CO)O2)c(=O)[nH]c1=O. The van der Waals surface area contributed by atoms with Gasteiger partial charge in [0.15, 0.2) is 0 Å². The number of hydrogen-bond donors (Lipinski definition) is 2. The number of nitrogens with one attached hydrogen (secondary N) is 1. The van der Waals surface area contributed by atoms with E-state index in [2.05, 4.69) is 15.0 Å². The number of H-pyrrole nitrogens is 1. The van der Waals surface area contributed by atoms with Crippen molar-refractivity contribution in [3.8, 4) is 0 Å². The summed E-state index contributed by atoms with van der Waals surface area (Å²) in [4.78, 5) is 28.5. The van der Waals surface area contributed by atoms with Crippen LogP contribution in [0.3, 0.4) is 0 Å². The molecule has 0 aromatic carbocycles. The van der Waals surface area contributed by atoms with E-state index in [0.717, 1.165) is 6.42 Å². The van der Waals surface area contributed by atoms with Crippen molar-refractivity contribution in [2.24, 2.45) is 5.11 Å². The third kappa shape index (κ3) is 3.15. The van der Waals surface area contributed by atoms with Crippen LogP contribution in [0.2, 0.25) is 0 Å². The Morgan fingerprint density at radius 3 is 3.00 bits per heavy atom. The lowest BCUT2D eigenvalue weighted by molar-refractivity contribution is -0.0271. The zero-order valence-electron chi connectivity index (χ0n) is 11.6. The molecule has 3 unspecified atom stereocenters. The summed E-state index contributed by atoms with van der Waals surface area (Å²) in [6.45, 7) is 1.63. The van der Waals surface area contributed by atoms with Crippen molar-refractivity contribution in [1.29, 1.82) is 0 Å². The summed E-state index contributed by atoms with van der Waals surface area (Å²) < 4.78 is 6.82. The molecular weight excluding hydrogens is 278 g/mol. The van der Waals surface area contributed by atoms with Gasteiger partial charge in [0.2, 0.25) is 0 Å². The Hall–Kier alpha value is -2.09. The highest BCUT2D eigenvalue weighted by Gasteiger charge is 2.35. The molecule has 9 heteroatoms. The van der Waals surface area contributed by atoms with Crippen molar-refractivity contribution < 1.29 is 9.84 Å². The Kier molecular flexibility index (Phi) is 4.79. The summed E-state index contributed by atoms with van der Waals surface area (Å²) in [5.41, 5.74) is 8.02. The molecule has 0 aliphatic carbocycles. The Balaban J connectivity index is 2.34. The van der Waals surface area contributed by atoms with Crippen molar-refractivity contribution in [2.45, 2.75) is 44.6 Å². The average Bonchev–Trinajstić information content (AvgIpc) is 2.85. The maximum Gasteiger partial charge on any atom is 0.330 e. The molecule has 1 fully saturated rings. The van der Waals surface area contributed by atoms with Crippen molar-refractivity contribution in [2.75, 3.05) is 6.61 Å². The molecule has 114 valence electrons. The van der Waals surface area contributed by atoms with Crippen LogP contribution in [-0.4, -0.2) is 33.4 Å². The Morgan fingerprint density at radius 2 is 2.38 bits per heavy atom. The predicted octanol–water partition coefficient (Wildman–Crippen LogP) is 0.448. The van der Waals surface area contributed by atoms with Crippen LogP contribution in [-0.2, 0) is 11.2 Å². The highest BCUT2D eigenvalue weighted by Crippen LogP contribution is 2.29. The second-order valence-electron chi connectivity index (χ2n) is 4.89. The standard InChI is InChI=1S/C12H17N5O4/c1-2-3-7-5-17(12(20)14-11(7)19)10-4-8(15-16-13)9(6-18)21-10/h5,8-10,18H,2-4,6H2,1H3,(H,14,19,20). The van der Waals surface area contributed by atoms with Gasteiger partial charge < -0.3 is 9.84 Å². The van der Waals surface area contributed by atoms with Crippen LogP contribution in [0.4, 0.5) is 0 Å². The summed E-state index contributed by atoms with van der Waals surface area (Å²) in [6, 6.07) is -0.543. The fourth-order valence-electron chi connectivity index (χ4n) is 2.43. The normalized spacial score (nSPS) is 24.8. The Morgan fingerprint density at radius 1 is 1.62 bits per heavy atom. The maximum atomic E-state index is 11.9. The molecule has 1 aliphatic rings. The fourth-order valence-corrected chi connectivity index (χ4v) is 2.43. The molecule has 1 aromatic heterocycles.